The second-order valence-electron chi connectivity index (χ2n) is 8.88. The van der Waals surface area contributed by atoms with E-state index in [0.717, 1.165) is 25.8 Å². The predicted octanol–water partition coefficient (Wildman–Crippen LogP) is 1.60. The molecule has 0 aromatic heterocycles. The van der Waals surface area contributed by atoms with Crippen molar-refractivity contribution in [2.45, 2.75) is 42.4 Å². The number of phenols is 1. The number of nitrogens with zero attached hydrogens (tertiary/aromatic N) is 1. The Kier molecular flexibility index (Phi) is 2.66. The lowest BCUT2D eigenvalue weighted by Gasteiger charge is -2.71. The zero-order chi connectivity index (χ0) is 17.9. The van der Waals surface area contributed by atoms with Gasteiger partial charge in [-0.2, -0.15) is 0 Å². The number of aliphatic hydroxyl groups is 1. The second-order valence-corrected chi connectivity index (χ2v) is 8.88. The van der Waals surface area contributed by atoms with Crippen LogP contribution in [0.2, 0.25) is 0 Å². The number of aliphatic hydroxyl groups excluding tert-OH is 1. The van der Waals surface area contributed by atoms with Gasteiger partial charge in [0.05, 0.1) is 5.41 Å². The van der Waals surface area contributed by atoms with E-state index in [4.69, 9.17) is 9.47 Å². The van der Waals surface area contributed by atoms with Crippen LogP contribution in [0.4, 0.5) is 0 Å². The predicted molar refractivity (Wildman–Crippen MR) is 95.4 cm³/mol. The number of piperidine rings is 1. The van der Waals surface area contributed by atoms with Crippen molar-refractivity contribution in [2.24, 2.45) is 11.3 Å². The first-order valence-electron chi connectivity index (χ1n) is 9.63. The fraction of sp³-hybridized carbons (Fsp3) is 0.619. The lowest BCUT2D eigenvalue weighted by atomic mass is 9.37. The number of hydrogen-bond acceptors (Lipinski definition) is 5. The number of fused-ring (bicyclic) bond motifs is 1. The van der Waals surface area contributed by atoms with Gasteiger partial charge in [0.1, 0.15) is 11.7 Å². The molecule has 1 aromatic carbocycles. The first-order chi connectivity index (χ1) is 12.5. The maximum atomic E-state index is 10.6. The van der Waals surface area contributed by atoms with Crippen molar-refractivity contribution in [1.29, 1.82) is 0 Å². The van der Waals surface area contributed by atoms with Crippen molar-refractivity contribution in [3.63, 3.8) is 0 Å². The SMILES string of the molecule is CO[C@@]12C=C[C@@]3(C[C@@H]1CO)[C@H]1Cc4ccc(O)c5c4[C@@]3(CCN1C)[C@@H]2O5. The number of benzene rings is 1. The molecule has 26 heavy (non-hydrogen) atoms. The molecule has 2 fully saturated rings. The summed E-state index contributed by atoms with van der Waals surface area (Å²) in [5, 5.41) is 20.8. The van der Waals surface area contributed by atoms with Gasteiger partial charge in [-0.15, -0.1) is 0 Å². The van der Waals surface area contributed by atoms with Gasteiger partial charge in [0.2, 0.25) is 0 Å². The van der Waals surface area contributed by atoms with E-state index in [9.17, 15) is 10.2 Å². The zero-order valence-electron chi connectivity index (χ0n) is 15.2. The molecule has 1 saturated carbocycles. The molecule has 4 aliphatic carbocycles. The van der Waals surface area contributed by atoms with Gasteiger partial charge in [-0.05, 0) is 44.5 Å². The molecule has 0 radical (unpaired) electrons. The van der Waals surface area contributed by atoms with E-state index in [-0.39, 0.29) is 35.2 Å². The summed E-state index contributed by atoms with van der Waals surface area (Å²) in [5.74, 6) is 0.887. The lowest BCUT2D eigenvalue weighted by Crippen LogP contribution is -2.79. The molecule has 2 heterocycles. The quantitative estimate of drug-likeness (QED) is 0.789. The highest BCUT2D eigenvalue weighted by Gasteiger charge is 2.78. The largest absolute Gasteiger partial charge is 0.504 e. The molecule has 6 aliphatic rings. The third kappa shape index (κ3) is 1.29. The first-order valence-corrected chi connectivity index (χ1v) is 9.63. The molecule has 6 atom stereocenters. The minimum atomic E-state index is -0.642. The highest BCUT2D eigenvalue weighted by Crippen LogP contribution is 2.74. The number of aromatic hydroxyl groups is 1. The van der Waals surface area contributed by atoms with Crippen LogP contribution in [-0.2, 0) is 16.6 Å². The van der Waals surface area contributed by atoms with E-state index in [2.05, 4.69) is 30.2 Å². The van der Waals surface area contributed by atoms with Crippen LogP contribution < -0.4 is 4.74 Å². The topological polar surface area (TPSA) is 62.2 Å². The van der Waals surface area contributed by atoms with E-state index in [1.807, 2.05) is 0 Å². The number of rotatable bonds is 2. The van der Waals surface area contributed by atoms with E-state index < -0.39 is 5.60 Å². The molecule has 0 amide bonds. The average Bonchev–Trinajstić information content (AvgIpc) is 3.03. The monoisotopic (exact) mass is 355 g/mol. The van der Waals surface area contributed by atoms with Gasteiger partial charge in [-0.1, -0.05) is 18.2 Å². The summed E-state index contributed by atoms with van der Waals surface area (Å²) in [7, 11) is 3.95. The minimum absolute atomic E-state index is 0.00244. The van der Waals surface area contributed by atoms with Crippen molar-refractivity contribution < 1.29 is 19.7 Å². The Morgan fingerprint density at radius 2 is 2.19 bits per heavy atom. The molecule has 4 bridgehead atoms. The molecule has 138 valence electrons. The van der Waals surface area contributed by atoms with Crippen LogP contribution in [0.25, 0.3) is 0 Å². The summed E-state index contributed by atoms with van der Waals surface area (Å²) < 4.78 is 12.7. The Bertz CT molecular complexity index is 853. The number of methoxy groups -OCH3 is 1. The van der Waals surface area contributed by atoms with Gasteiger partial charge in [-0.3, -0.25) is 0 Å². The normalized spacial score (nSPS) is 47.0. The Balaban J connectivity index is 1.73. The van der Waals surface area contributed by atoms with E-state index >= 15 is 0 Å². The number of likely N-dealkylation sites (tertiary alicyclic amines) is 1. The summed E-state index contributed by atoms with van der Waals surface area (Å²) in [6.07, 6.45) is 7.19. The van der Waals surface area contributed by atoms with Crippen LogP contribution in [0.1, 0.15) is 24.0 Å². The summed E-state index contributed by atoms with van der Waals surface area (Å²) in [5.41, 5.74) is 1.62. The average molecular weight is 355 g/mol. The van der Waals surface area contributed by atoms with Crippen LogP contribution in [0.3, 0.4) is 0 Å². The van der Waals surface area contributed by atoms with Crippen LogP contribution >= 0.6 is 0 Å². The summed E-state index contributed by atoms with van der Waals surface area (Å²) in [6.45, 7) is 1.10. The third-order valence-corrected chi connectivity index (χ3v) is 8.43. The van der Waals surface area contributed by atoms with Crippen molar-refractivity contribution in [3.05, 3.63) is 35.4 Å². The van der Waals surface area contributed by atoms with Crippen molar-refractivity contribution >= 4 is 0 Å². The second kappa shape index (κ2) is 4.46. The Morgan fingerprint density at radius 1 is 1.35 bits per heavy atom. The van der Waals surface area contributed by atoms with Gasteiger partial charge in [0.15, 0.2) is 11.5 Å². The van der Waals surface area contributed by atoms with Crippen LogP contribution in [0, 0.1) is 11.3 Å². The number of hydrogen-bond donors (Lipinski definition) is 2. The van der Waals surface area contributed by atoms with Crippen LogP contribution in [0.5, 0.6) is 11.5 Å². The summed E-state index contributed by atoms with van der Waals surface area (Å²) in [6, 6.07) is 4.23. The van der Waals surface area contributed by atoms with Gasteiger partial charge in [0.25, 0.3) is 0 Å². The molecule has 2 aliphatic heterocycles. The zero-order valence-corrected chi connectivity index (χ0v) is 15.2. The number of likely N-dealkylation sites (N-methyl/N-ethyl adjacent to an activating group) is 1. The Labute approximate surface area is 153 Å². The molecule has 7 rings (SSSR count). The van der Waals surface area contributed by atoms with Crippen molar-refractivity contribution in [1.82, 2.24) is 4.90 Å². The molecular weight excluding hydrogens is 330 g/mol. The molecule has 5 heteroatoms. The van der Waals surface area contributed by atoms with E-state index in [1.165, 1.54) is 11.1 Å². The van der Waals surface area contributed by atoms with Crippen molar-refractivity contribution in [2.75, 3.05) is 27.3 Å². The number of phenolic OH excluding ortho intramolecular Hbond substituents is 1. The molecule has 5 nitrogen and oxygen atoms in total. The highest BCUT2D eigenvalue weighted by atomic mass is 16.6. The molecule has 1 saturated heterocycles. The van der Waals surface area contributed by atoms with Gasteiger partial charge >= 0.3 is 0 Å². The molecule has 2 spiro atoms. The minimum Gasteiger partial charge on any atom is -0.504 e. The Hall–Kier alpha value is -1.56. The molecule has 0 unspecified atom stereocenters. The fourth-order valence-electron chi connectivity index (χ4n) is 7.41. The Morgan fingerprint density at radius 3 is 2.96 bits per heavy atom. The molecule has 1 aromatic rings. The number of ether oxygens (including phenoxy) is 2. The fourth-order valence-corrected chi connectivity index (χ4v) is 7.41. The third-order valence-electron chi connectivity index (χ3n) is 8.43. The lowest BCUT2D eigenvalue weighted by molar-refractivity contribution is -0.219. The highest BCUT2D eigenvalue weighted by molar-refractivity contribution is 5.65. The standard InChI is InChI=1S/C21H25NO4/c1-22-8-7-20-16-12-3-4-14(24)17(16)26-18(20)21(25-2)6-5-19(20,15(22)9-12)10-13(21)11-23/h3-6,13,15,18,23-24H,7-11H2,1-2H3/t13-,15-,18+,19-,20+,21+/m1/s1. The van der Waals surface area contributed by atoms with Crippen LogP contribution in [0.15, 0.2) is 24.3 Å². The maximum Gasteiger partial charge on any atom is 0.165 e. The first kappa shape index (κ1) is 15.5. The van der Waals surface area contributed by atoms with Gasteiger partial charge < -0.3 is 24.6 Å². The molecule has 2 N–H and O–H groups in total. The maximum absolute atomic E-state index is 10.6. The summed E-state index contributed by atoms with van der Waals surface area (Å²) >= 11 is 0. The molecular formula is C21H25NO4. The van der Waals surface area contributed by atoms with Gasteiger partial charge in [-0.25, -0.2) is 0 Å². The van der Waals surface area contributed by atoms with E-state index in [0.29, 0.717) is 11.8 Å². The van der Waals surface area contributed by atoms with Crippen molar-refractivity contribution in [3.8, 4) is 11.5 Å². The van der Waals surface area contributed by atoms with Gasteiger partial charge in [0, 0.05) is 36.7 Å². The van der Waals surface area contributed by atoms with Crippen LogP contribution in [-0.4, -0.2) is 60.2 Å². The van der Waals surface area contributed by atoms with E-state index in [1.54, 1.807) is 13.2 Å². The summed E-state index contributed by atoms with van der Waals surface area (Å²) in [4.78, 5) is 2.49. The smallest absolute Gasteiger partial charge is 0.165 e.